The first-order valence-corrected chi connectivity index (χ1v) is 7.15. The Morgan fingerprint density at radius 1 is 1.19 bits per heavy atom. The Hall–Kier alpha value is -2.18. The SMILES string of the molecule is CCNC(=O)CNC(=O)c1nc(C(C)C)ncc1NCC. The lowest BCUT2D eigenvalue weighted by Crippen LogP contribution is -2.37. The molecule has 0 bridgehead atoms. The molecule has 7 heteroatoms. The minimum Gasteiger partial charge on any atom is -0.382 e. The standard InChI is InChI=1S/C14H23N5O2/c1-5-15-10-7-17-13(9(3)4)19-12(10)14(21)18-8-11(20)16-6-2/h7,9,15H,5-6,8H2,1-4H3,(H,16,20)(H,18,21). The van der Waals surface area contributed by atoms with Gasteiger partial charge in [-0.05, 0) is 13.8 Å². The van der Waals surface area contributed by atoms with Crippen LogP contribution >= 0.6 is 0 Å². The van der Waals surface area contributed by atoms with Crippen molar-refractivity contribution in [2.24, 2.45) is 0 Å². The second kappa shape index (κ2) is 8.18. The zero-order valence-electron chi connectivity index (χ0n) is 13.0. The molecule has 3 N–H and O–H groups in total. The van der Waals surface area contributed by atoms with E-state index in [1.807, 2.05) is 27.7 Å². The third kappa shape index (κ3) is 5.02. The summed E-state index contributed by atoms with van der Waals surface area (Å²) in [6, 6.07) is 0. The van der Waals surface area contributed by atoms with Crippen molar-refractivity contribution in [2.45, 2.75) is 33.6 Å². The van der Waals surface area contributed by atoms with Crippen molar-refractivity contribution >= 4 is 17.5 Å². The van der Waals surface area contributed by atoms with Gasteiger partial charge in [-0.1, -0.05) is 13.8 Å². The molecule has 1 rings (SSSR count). The van der Waals surface area contributed by atoms with Crippen LogP contribution in [0.1, 0.15) is 49.9 Å². The summed E-state index contributed by atoms with van der Waals surface area (Å²) >= 11 is 0. The molecule has 7 nitrogen and oxygen atoms in total. The predicted molar refractivity (Wildman–Crippen MR) is 81.3 cm³/mol. The number of nitrogens with zero attached hydrogens (tertiary/aromatic N) is 2. The summed E-state index contributed by atoms with van der Waals surface area (Å²) in [4.78, 5) is 32.1. The van der Waals surface area contributed by atoms with E-state index in [9.17, 15) is 9.59 Å². The van der Waals surface area contributed by atoms with Crippen molar-refractivity contribution in [2.75, 3.05) is 25.0 Å². The number of carbonyl (C=O) groups excluding carboxylic acids is 2. The summed E-state index contributed by atoms with van der Waals surface area (Å²) in [5, 5.41) is 8.24. The highest BCUT2D eigenvalue weighted by molar-refractivity contribution is 5.99. The fraction of sp³-hybridized carbons (Fsp3) is 0.571. The number of anilines is 1. The Balaban J connectivity index is 2.88. The summed E-state index contributed by atoms with van der Waals surface area (Å²) in [6.07, 6.45) is 1.60. The van der Waals surface area contributed by atoms with Gasteiger partial charge in [-0.15, -0.1) is 0 Å². The lowest BCUT2D eigenvalue weighted by atomic mass is 10.2. The van der Waals surface area contributed by atoms with Crippen molar-refractivity contribution in [3.05, 3.63) is 17.7 Å². The van der Waals surface area contributed by atoms with Gasteiger partial charge >= 0.3 is 0 Å². The zero-order chi connectivity index (χ0) is 15.8. The third-order valence-corrected chi connectivity index (χ3v) is 2.69. The van der Waals surface area contributed by atoms with Crippen molar-refractivity contribution in [3.63, 3.8) is 0 Å². The maximum absolute atomic E-state index is 12.2. The minimum absolute atomic E-state index is 0.0702. The quantitative estimate of drug-likeness (QED) is 0.694. The summed E-state index contributed by atoms with van der Waals surface area (Å²) in [7, 11) is 0. The number of hydrogen-bond donors (Lipinski definition) is 3. The number of hydrogen-bond acceptors (Lipinski definition) is 5. The monoisotopic (exact) mass is 293 g/mol. The maximum Gasteiger partial charge on any atom is 0.272 e. The number of likely N-dealkylation sites (N-methyl/N-ethyl adjacent to an activating group) is 1. The lowest BCUT2D eigenvalue weighted by Gasteiger charge is -2.12. The van der Waals surface area contributed by atoms with Gasteiger partial charge in [0.25, 0.3) is 5.91 Å². The Morgan fingerprint density at radius 2 is 1.90 bits per heavy atom. The average Bonchev–Trinajstić information content (AvgIpc) is 2.45. The molecular weight excluding hydrogens is 270 g/mol. The third-order valence-electron chi connectivity index (χ3n) is 2.69. The fourth-order valence-electron chi connectivity index (χ4n) is 1.67. The first-order chi connectivity index (χ1) is 9.99. The molecule has 1 aromatic rings. The molecule has 21 heavy (non-hydrogen) atoms. The van der Waals surface area contributed by atoms with Gasteiger partial charge in [0.2, 0.25) is 5.91 Å². The van der Waals surface area contributed by atoms with E-state index in [-0.39, 0.29) is 30.0 Å². The number of amides is 2. The molecule has 0 aliphatic heterocycles. The van der Waals surface area contributed by atoms with Crippen LogP contribution in [0.2, 0.25) is 0 Å². The Kier molecular flexibility index (Phi) is 6.58. The minimum atomic E-state index is -0.387. The van der Waals surface area contributed by atoms with Crippen LogP contribution < -0.4 is 16.0 Å². The molecule has 1 aromatic heterocycles. The summed E-state index contributed by atoms with van der Waals surface area (Å²) in [6.45, 7) is 8.77. The van der Waals surface area contributed by atoms with E-state index in [4.69, 9.17) is 0 Å². The van der Waals surface area contributed by atoms with E-state index in [2.05, 4.69) is 25.9 Å². The zero-order valence-corrected chi connectivity index (χ0v) is 13.0. The molecule has 0 saturated heterocycles. The van der Waals surface area contributed by atoms with Gasteiger partial charge < -0.3 is 16.0 Å². The maximum atomic E-state index is 12.2. The molecule has 0 fully saturated rings. The van der Waals surface area contributed by atoms with Gasteiger partial charge in [0.05, 0.1) is 18.4 Å². The summed E-state index contributed by atoms with van der Waals surface area (Å²) in [5.41, 5.74) is 0.829. The van der Waals surface area contributed by atoms with Gasteiger partial charge in [0.15, 0.2) is 5.69 Å². The van der Waals surface area contributed by atoms with Crippen molar-refractivity contribution < 1.29 is 9.59 Å². The molecule has 0 aliphatic carbocycles. The summed E-state index contributed by atoms with van der Waals surface area (Å²) < 4.78 is 0. The second-order valence-electron chi connectivity index (χ2n) is 4.81. The number of nitrogens with one attached hydrogen (secondary N) is 3. The first kappa shape index (κ1) is 16.9. The van der Waals surface area contributed by atoms with Crippen LogP contribution in [0.5, 0.6) is 0 Å². The van der Waals surface area contributed by atoms with Crippen molar-refractivity contribution in [3.8, 4) is 0 Å². The van der Waals surface area contributed by atoms with E-state index in [1.165, 1.54) is 0 Å². The van der Waals surface area contributed by atoms with Crippen LogP contribution in [-0.4, -0.2) is 41.4 Å². The van der Waals surface area contributed by atoms with Crippen molar-refractivity contribution in [1.82, 2.24) is 20.6 Å². The van der Waals surface area contributed by atoms with Crippen LogP contribution in [0.4, 0.5) is 5.69 Å². The highest BCUT2D eigenvalue weighted by Gasteiger charge is 2.16. The highest BCUT2D eigenvalue weighted by Crippen LogP contribution is 2.16. The lowest BCUT2D eigenvalue weighted by molar-refractivity contribution is -0.120. The Morgan fingerprint density at radius 3 is 2.48 bits per heavy atom. The molecular formula is C14H23N5O2. The molecule has 0 saturated carbocycles. The van der Waals surface area contributed by atoms with E-state index < -0.39 is 0 Å². The van der Waals surface area contributed by atoms with Crippen LogP contribution in [-0.2, 0) is 4.79 Å². The van der Waals surface area contributed by atoms with Gasteiger partial charge in [0.1, 0.15) is 5.82 Å². The number of aromatic nitrogens is 2. The van der Waals surface area contributed by atoms with E-state index >= 15 is 0 Å². The molecule has 0 unspecified atom stereocenters. The molecule has 0 atom stereocenters. The van der Waals surface area contributed by atoms with Crippen LogP contribution in [0.3, 0.4) is 0 Å². The smallest absolute Gasteiger partial charge is 0.272 e. The molecule has 116 valence electrons. The predicted octanol–water partition coefficient (Wildman–Crippen LogP) is 0.898. The largest absolute Gasteiger partial charge is 0.382 e. The molecule has 0 radical (unpaired) electrons. The Bertz CT molecular complexity index is 502. The molecule has 1 heterocycles. The first-order valence-electron chi connectivity index (χ1n) is 7.15. The molecule has 2 amide bonds. The topological polar surface area (TPSA) is 96.0 Å². The molecule has 0 spiro atoms. The van der Waals surface area contributed by atoms with Gasteiger partial charge in [-0.25, -0.2) is 9.97 Å². The van der Waals surface area contributed by atoms with Gasteiger partial charge in [-0.3, -0.25) is 9.59 Å². The Labute approximate surface area is 124 Å². The van der Waals surface area contributed by atoms with E-state index in [0.717, 1.165) is 0 Å². The van der Waals surface area contributed by atoms with Crippen LogP contribution in [0, 0.1) is 0 Å². The summed E-state index contributed by atoms with van der Waals surface area (Å²) in [5.74, 6) is 0.103. The number of carbonyl (C=O) groups is 2. The molecule has 0 aliphatic rings. The van der Waals surface area contributed by atoms with Crippen LogP contribution in [0.15, 0.2) is 6.20 Å². The van der Waals surface area contributed by atoms with Gasteiger partial charge in [0, 0.05) is 19.0 Å². The van der Waals surface area contributed by atoms with Crippen LogP contribution in [0.25, 0.3) is 0 Å². The molecule has 0 aromatic carbocycles. The van der Waals surface area contributed by atoms with E-state index in [0.29, 0.717) is 24.6 Å². The van der Waals surface area contributed by atoms with Gasteiger partial charge in [-0.2, -0.15) is 0 Å². The normalized spacial score (nSPS) is 10.3. The number of rotatable bonds is 7. The van der Waals surface area contributed by atoms with Crippen molar-refractivity contribution in [1.29, 1.82) is 0 Å². The average molecular weight is 293 g/mol. The van der Waals surface area contributed by atoms with E-state index in [1.54, 1.807) is 6.20 Å². The highest BCUT2D eigenvalue weighted by atomic mass is 16.2. The second-order valence-corrected chi connectivity index (χ2v) is 4.81. The fourth-order valence-corrected chi connectivity index (χ4v) is 1.67.